The van der Waals surface area contributed by atoms with Gasteiger partial charge in [0.05, 0.1) is 12.9 Å². The lowest BCUT2D eigenvalue weighted by atomic mass is 9.89. The Balaban J connectivity index is 1.63. The van der Waals surface area contributed by atoms with Crippen molar-refractivity contribution in [2.24, 2.45) is 0 Å². The summed E-state index contributed by atoms with van der Waals surface area (Å²) in [6.07, 6.45) is 7.97. The highest BCUT2D eigenvalue weighted by Crippen LogP contribution is 2.32. The third-order valence-corrected chi connectivity index (χ3v) is 3.86. The Bertz CT molecular complexity index is 518. The summed E-state index contributed by atoms with van der Waals surface area (Å²) in [6.45, 7) is 3.72. The van der Waals surface area contributed by atoms with Crippen LogP contribution in [0.1, 0.15) is 24.3 Å². The molecule has 1 aromatic carbocycles. The van der Waals surface area contributed by atoms with Crippen LogP contribution in [0.15, 0.2) is 43.0 Å². The van der Waals surface area contributed by atoms with Crippen LogP contribution in [0.25, 0.3) is 0 Å². The summed E-state index contributed by atoms with van der Waals surface area (Å²) < 4.78 is 8.03. The molecule has 4 heteroatoms. The van der Waals surface area contributed by atoms with Crippen molar-refractivity contribution in [2.45, 2.75) is 25.3 Å². The number of para-hydroxylation sites is 1. The summed E-state index contributed by atoms with van der Waals surface area (Å²) in [6, 6.07) is 8.46. The number of nitrogens with one attached hydrogen (secondary N) is 1. The van der Waals surface area contributed by atoms with Gasteiger partial charge in [0, 0.05) is 12.4 Å². The molecule has 1 N–H and O–H groups in total. The number of benzene rings is 1. The Hall–Kier alpha value is -1.81. The van der Waals surface area contributed by atoms with Crippen molar-refractivity contribution >= 4 is 0 Å². The summed E-state index contributed by atoms with van der Waals surface area (Å²) in [7, 11) is 0. The molecule has 0 bridgehead atoms. The van der Waals surface area contributed by atoms with Crippen LogP contribution in [-0.2, 0) is 6.54 Å². The largest absolute Gasteiger partial charge is 0.491 e. The van der Waals surface area contributed by atoms with Gasteiger partial charge < -0.3 is 14.6 Å². The molecule has 0 atom stereocenters. The van der Waals surface area contributed by atoms with E-state index in [1.165, 1.54) is 18.4 Å². The quantitative estimate of drug-likeness (QED) is 0.908. The Morgan fingerprint density at radius 3 is 2.90 bits per heavy atom. The maximum absolute atomic E-state index is 5.99. The molecule has 0 spiro atoms. The Kier molecular flexibility index (Phi) is 4.33. The molecule has 0 unspecified atom stereocenters. The number of ether oxygens (including phenoxy) is 1. The lowest BCUT2D eigenvalue weighted by Crippen LogP contribution is -2.26. The number of aromatic nitrogens is 2. The second-order valence-corrected chi connectivity index (χ2v) is 5.21. The van der Waals surface area contributed by atoms with Gasteiger partial charge in [-0.2, -0.15) is 0 Å². The summed E-state index contributed by atoms with van der Waals surface area (Å²) in [5.74, 6) is 1.67. The summed E-state index contributed by atoms with van der Waals surface area (Å²) in [5, 5.41) is 3.41. The SMILES string of the molecule is c1ccc(C2CCNCC2)c(OCCn2ccnc2)c1. The first-order valence-corrected chi connectivity index (χ1v) is 7.31. The minimum absolute atomic E-state index is 0.626. The fraction of sp³-hybridized carbons (Fsp3) is 0.438. The van der Waals surface area contributed by atoms with Crippen molar-refractivity contribution in [1.82, 2.24) is 14.9 Å². The lowest BCUT2D eigenvalue weighted by molar-refractivity contribution is 0.291. The first kappa shape index (κ1) is 13.2. The van der Waals surface area contributed by atoms with Crippen LogP contribution < -0.4 is 10.1 Å². The fourth-order valence-corrected chi connectivity index (χ4v) is 2.76. The van der Waals surface area contributed by atoms with E-state index >= 15 is 0 Å². The zero-order valence-electron chi connectivity index (χ0n) is 11.7. The highest BCUT2D eigenvalue weighted by atomic mass is 16.5. The van der Waals surface area contributed by atoms with Gasteiger partial charge in [0.2, 0.25) is 0 Å². The molecule has 0 radical (unpaired) electrons. The number of hydrogen-bond acceptors (Lipinski definition) is 3. The smallest absolute Gasteiger partial charge is 0.122 e. The molecule has 4 nitrogen and oxygen atoms in total. The van der Waals surface area contributed by atoms with E-state index < -0.39 is 0 Å². The van der Waals surface area contributed by atoms with E-state index in [2.05, 4.69) is 34.6 Å². The maximum atomic E-state index is 5.99. The molecule has 0 aliphatic carbocycles. The molecule has 1 aliphatic heterocycles. The van der Waals surface area contributed by atoms with Crippen LogP contribution in [-0.4, -0.2) is 29.2 Å². The minimum Gasteiger partial charge on any atom is -0.491 e. The second kappa shape index (κ2) is 6.57. The van der Waals surface area contributed by atoms with Crippen LogP contribution in [0, 0.1) is 0 Å². The first-order valence-electron chi connectivity index (χ1n) is 7.31. The van der Waals surface area contributed by atoms with E-state index in [0.29, 0.717) is 12.5 Å². The molecule has 1 aliphatic rings. The van der Waals surface area contributed by atoms with E-state index in [1.54, 1.807) is 6.20 Å². The molecule has 3 rings (SSSR count). The lowest BCUT2D eigenvalue weighted by Gasteiger charge is -2.25. The predicted molar refractivity (Wildman–Crippen MR) is 79.0 cm³/mol. The van der Waals surface area contributed by atoms with Crippen molar-refractivity contribution in [3.8, 4) is 5.75 Å². The molecular formula is C16H21N3O. The molecule has 1 saturated heterocycles. The topological polar surface area (TPSA) is 39.1 Å². The Labute approximate surface area is 119 Å². The molecule has 2 heterocycles. The first-order chi connectivity index (χ1) is 9.93. The highest BCUT2D eigenvalue weighted by Gasteiger charge is 2.18. The molecule has 1 fully saturated rings. The highest BCUT2D eigenvalue weighted by molar-refractivity contribution is 5.36. The third-order valence-electron chi connectivity index (χ3n) is 3.86. The van der Waals surface area contributed by atoms with E-state index in [4.69, 9.17) is 4.74 Å². The Morgan fingerprint density at radius 2 is 2.10 bits per heavy atom. The summed E-state index contributed by atoms with van der Waals surface area (Å²) >= 11 is 0. The molecular weight excluding hydrogens is 250 g/mol. The molecule has 20 heavy (non-hydrogen) atoms. The predicted octanol–water partition coefficient (Wildman–Crippen LogP) is 2.43. The van der Waals surface area contributed by atoms with Crippen molar-refractivity contribution < 1.29 is 4.74 Å². The molecule has 0 amide bonds. The van der Waals surface area contributed by atoms with Gasteiger partial charge in [-0.3, -0.25) is 0 Å². The molecule has 1 aromatic heterocycles. The van der Waals surface area contributed by atoms with Crippen molar-refractivity contribution in [1.29, 1.82) is 0 Å². The average molecular weight is 271 g/mol. The monoisotopic (exact) mass is 271 g/mol. The van der Waals surface area contributed by atoms with Gasteiger partial charge in [-0.05, 0) is 43.5 Å². The number of piperidine rings is 1. The van der Waals surface area contributed by atoms with Crippen LogP contribution in [0.5, 0.6) is 5.75 Å². The van der Waals surface area contributed by atoms with Crippen LogP contribution in [0.2, 0.25) is 0 Å². The van der Waals surface area contributed by atoms with Gasteiger partial charge in [0.1, 0.15) is 12.4 Å². The number of hydrogen-bond donors (Lipinski definition) is 1. The normalized spacial score (nSPS) is 16.2. The van der Waals surface area contributed by atoms with E-state index in [1.807, 2.05) is 17.1 Å². The molecule has 0 saturated carbocycles. The third kappa shape index (κ3) is 3.20. The van der Waals surface area contributed by atoms with Crippen molar-refractivity contribution in [2.75, 3.05) is 19.7 Å². The zero-order valence-corrected chi connectivity index (χ0v) is 11.7. The van der Waals surface area contributed by atoms with Crippen LogP contribution in [0.4, 0.5) is 0 Å². The molecule has 106 valence electrons. The molecule has 2 aromatic rings. The van der Waals surface area contributed by atoms with Crippen molar-refractivity contribution in [3.63, 3.8) is 0 Å². The van der Waals surface area contributed by atoms with Gasteiger partial charge in [-0.25, -0.2) is 4.98 Å². The maximum Gasteiger partial charge on any atom is 0.122 e. The standard InChI is InChI=1S/C16H21N3O/c1-2-4-16(20-12-11-19-10-9-18-13-19)15(3-1)14-5-7-17-8-6-14/h1-4,9-10,13-14,17H,5-8,11-12H2. The summed E-state index contributed by atoms with van der Waals surface area (Å²) in [4.78, 5) is 4.04. The number of nitrogens with zero attached hydrogens (tertiary/aromatic N) is 2. The van der Waals surface area contributed by atoms with Gasteiger partial charge >= 0.3 is 0 Å². The van der Waals surface area contributed by atoms with Gasteiger partial charge in [-0.15, -0.1) is 0 Å². The Morgan fingerprint density at radius 1 is 1.25 bits per heavy atom. The number of imidazole rings is 1. The van der Waals surface area contributed by atoms with Gasteiger partial charge in [0.15, 0.2) is 0 Å². The minimum atomic E-state index is 0.626. The van der Waals surface area contributed by atoms with E-state index in [9.17, 15) is 0 Å². The van der Waals surface area contributed by atoms with E-state index in [0.717, 1.165) is 25.4 Å². The van der Waals surface area contributed by atoms with Crippen LogP contribution >= 0.6 is 0 Å². The summed E-state index contributed by atoms with van der Waals surface area (Å²) in [5.41, 5.74) is 1.36. The van der Waals surface area contributed by atoms with E-state index in [-0.39, 0.29) is 0 Å². The van der Waals surface area contributed by atoms with Gasteiger partial charge in [-0.1, -0.05) is 18.2 Å². The van der Waals surface area contributed by atoms with Crippen LogP contribution in [0.3, 0.4) is 0 Å². The average Bonchev–Trinajstić information content (AvgIpc) is 3.02. The van der Waals surface area contributed by atoms with Gasteiger partial charge in [0.25, 0.3) is 0 Å². The zero-order chi connectivity index (χ0) is 13.6. The fourth-order valence-electron chi connectivity index (χ4n) is 2.76. The number of rotatable bonds is 5. The second-order valence-electron chi connectivity index (χ2n) is 5.21. The van der Waals surface area contributed by atoms with Crippen molar-refractivity contribution in [3.05, 3.63) is 48.5 Å².